The van der Waals surface area contributed by atoms with E-state index in [0.29, 0.717) is 17.5 Å². The molecule has 0 bridgehead atoms. The number of hydrogen-bond acceptors (Lipinski definition) is 6. The Morgan fingerprint density at radius 3 is 2.80 bits per heavy atom. The number of ether oxygens (including phenoxy) is 1. The topological polar surface area (TPSA) is 87.1 Å². The Morgan fingerprint density at radius 2 is 2.20 bits per heavy atom. The molecule has 0 amide bonds. The van der Waals surface area contributed by atoms with Crippen molar-refractivity contribution in [3.63, 3.8) is 0 Å². The minimum Gasteiger partial charge on any atom is -0.482 e. The van der Waals surface area contributed by atoms with Crippen LogP contribution in [0.15, 0.2) is 22.9 Å². The molecule has 2 heterocycles. The van der Waals surface area contributed by atoms with Gasteiger partial charge in [-0.15, -0.1) is 0 Å². The highest BCUT2D eigenvalue weighted by atomic mass is 16.5. The molecule has 2 aromatic rings. The fourth-order valence-electron chi connectivity index (χ4n) is 1.67. The smallest absolute Gasteiger partial charge is 0.264 e. The van der Waals surface area contributed by atoms with E-state index in [9.17, 15) is 0 Å². The molecule has 0 radical (unpaired) electrons. The molecule has 108 valence electrons. The first-order chi connectivity index (χ1) is 9.71. The van der Waals surface area contributed by atoms with Gasteiger partial charge >= 0.3 is 0 Å². The molecule has 2 rings (SSSR count). The Balaban J connectivity index is 1.87. The van der Waals surface area contributed by atoms with Gasteiger partial charge < -0.3 is 15.0 Å². The van der Waals surface area contributed by atoms with Crippen LogP contribution in [0.25, 0.3) is 0 Å². The first-order valence-electron chi connectivity index (χ1n) is 6.86. The lowest BCUT2D eigenvalue weighted by Crippen LogP contribution is -2.21. The standard InChI is InChI=1S/C14H20N4O2/c1-3-10(15)7-11-5-6-12(8-16-11)19-9-14-17-13(4-2)18-20-14/h5-6,8,10H,3-4,7,9,15H2,1-2H3. The summed E-state index contributed by atoms with van der Waals surface area (Å²) in [5.41, 5.74) is 6.86. The lowest BCUT2D eigenvalue weighted by Gasteiger charge is -2.08. The highest BCUT2D eigenvalue weighted by Crippen LogP contribution is 2.12. The van der Waals surface area contributed by atoms with Crippen LogP contribution >= 0.6 is 0 Å². The molecule has 0 aromatic carbocycles. The zero-order valence-corrected chi connectivity index (χ0v) is 11.9. The summed E-state index contributed by atoms with van der Waals surface area (Å²) in [5, 5.41) is 3.81. The molecule has 1 unspecified atom stereocenters. The van der Waals surface area contributed by atoms with E-state index in [0.717, 1.165) is 25.0 Å². The molecule has 0 aliphatic carbocycles. The van der Waals surface area contributed by atoms with Crippen molar-refractivity contribution in [2.75, 3.05) is 0 Å². The second-order valence-electron chi connectivity index (χ2n) is 4.60. The molecule has 0 aliphatic heterocycles. The van der Waals surface area contributed by atoms with Gasteiger partial charge in [-0.2, -0.15) is 4.98 Å². The van der Waals surface area contributed by atoms with Crippen molar-refractivity contribution in [1.82, 2.24) is 15.1 Å². The maximum Gasteiger partial charge on any atom is 0.264 e. The van der Waals surface area contributed by atoms with Gasteiger partial charge in [0.1, 0.15) is 5.75 Å². The van der Waals surface area contributed by atoms with E-state index in [1.54, 1.807) is 6.20 Å². The summed E-state index contributed by atoms with van der Waals surface area (Å²) in [4.78, 5) is 8.50. The first kappa shape index (κ1) is 14.5. The second kappa shape index (κ2) is 7.00. The number of nitrogens with two attached hydrogens (primary N) is 1. The molecule has 6 nitrogen and oxygen atoms in total. The van der Waals surface area contributed by atoms with E-state index in [-0.39, 0.29) is 12.6 Å². The van der Waals surface area contributed by atoms with Crippen LogP contribution < -0.4 is 10.5 Å². The predicted molar refractivity (Wildman–Crippen MR) is 74.2 cm³/mol. The summed E-state index contributed by atoms with van der Waals surface area (Å²) in [6.07, 6.45) is 4.16. The highest BCUT2D eigenvalue weighted by molar-refractivity contribution is 5.20. The summed E-state index contributed by atoms with van der Waals surface area (Å²) in [6.45, 7) is 4.29. The number of aromatic nitrogens is 3. The normalized spacial score (nSPS) is 12.3. The Morgan fingerprint density at radius 1 is 1.35 bits per heavy atom. The van der Waals surface area contributed by atoms with Crippen molar-refractivity contribution in [2.24, 2.45) is 5.73 Å². The van der Waals surface area contributed by atoms with Gasteiger partial charge in [-0.1, -0.05) is 19.0 Å². The van der Waals surface area contributed by atoms with Gasteiger partial charge in [0.2, 0.25) is 0 Å². The van der Waals surface area contributed by atoms with Gasteiger partial charge in [-0.05, 0) is 18.6 Å². The summed E-state index contributed by atoms with van der Waals surface area (Å²) in [7, 11) is 0. The van der Waals surface area contributed by atoms with Gasteiger partial charge in [0.25, 0.3) is 5.89 Å². The first-order valence-corrected chi connectivity index (χ1v) is 6.86. The van der Waals surface area contributed by atoms with Crippen LogP contribution in [-0.2, 0) is 19.4 Å². The van der Waals surface area contributed by atoms with Crippen LogP contribution in [0.4, 0.5) is 0 Å². The Hall–Kier alpha value is -1.95. The molecule has 2 N–H and O–H groups in total. The summed E-state index contributed by atoms with van der Waals surface area (Å²) in [5.74, 6) is 1.83. The van der Waals surface area contributed by atoms with Crippen molar-refractivity contribution in [1.29, 1.82) is 0 Å². The van der Waals surface area contributed by atoms with Crippen LogP contribution in [-0.4, -0.2) is 21.2 Å². The van der Waals surface area contributed by atoms with Crippen LogP contribution in [0.5, 0.6) is 5.75 Å². The number of aryl methyl sites for hydroxylation is 1. The van der Waals surface area contributed by atoms with Crippen molar-refractivity contribution < 1.29 is 9.26 Å². The SMILES string of the molecule is CCc1noc(COc2ccc(CC(N)CC)nc2)n1. The van der Waals surface area contributed by atoms with Crippen LogP contribution in [0.2, 0.25) is 0 Å². The van der Waals surface area contributed by atoms with Crippen LogP contribution in [0, 0.1) is 0 Å². The Bertz CT molecular complexity index is 524. The minimum atomic E-state index is 0.153. The highest BCUT2D eigenvalue weighted by Gasteiger charge is 2.06. The van der Waals surface area contributed by atoms with Gasteiger partial charge in [-0.25, -0.2) is 0 Å². The summed E-state index contributed by atoms with van der Waals surface area (Å²) < 4.78 is 10.6. The van der Waals surface area contributed by atoms with Crippen molar-refractivity contribution in [2.45, 2.75) is 45.8 Å². The monoisotopic (exact) mass is 276 g/mol. The van der Waals surface area contributed by atoms with E-state index >= 15 is 0 Å². The lowest BCUT2D eigenvalue weighted by atomic mass is 10.1. The van der Waals surface area contributed by atoms with Gasteiger partial charge in [0.15, 0.2) is 12.4 Å². The number of rotatable bonds is 7. The molecular weight excluding hydrogens is 256 g/mol. The van der Waals surface area contributed by atoms with Crippen molar-refractivity contribution in [3.05, 3.63) is 35.7 Å². The van der Waals surface area contributed by atoms with Crippen LogP contribution in [0.1, 0.15) is 37.7 Å². The maximum absolute atomic E-state index is 5.89. The van der Waals surface area contributed by atoms with Gasteiger partial charge in [0.05, 0.1) is 6.20 Å². The molecule has 1 atom stereocenters. The Kier molecular flexibility index (Phi) is 5.06. The lowest BCUT2D eigenvalue weighted by molar-refractivity contribution is 0.241. The summed E-state index contributed by atoms with van der Waals surface area (Å²) in [6, 6.07) is 3.96. The van der Waals surface area contributed by atoms with Crippen LogP contribution in [0.3, 0.4) is 0 Å². The second-order valence-corrected chi connectivity index (χ2v) is 4.60. The quantitative estimate of drug-likeness (QED) is 0.831. The minimum absolute atomic E-state index is 0.153. The number of pyridine rings is 1. The molecule has 0 aliphatic rings. The zero-order chi connectivity index (χ0) is 14.4. The molecule has 6 heteroatoms. The molecule has 0 saturated carbocycles. The van der Waals surface area contributed by atoms with E-state index in [2.05, 4.69) is 22.0 Å². The molecular formula is C14H20N4O2. The largest absolute Gasteiger partial charge is 0.482 e. The van der Waals surface area contributed by atoms with E-state index in [4.69, 9.17) is 15.0 Å². The molecule has 0 spiro atoms. The molecule has 0 saturated heterocycles. The number of hydrogen-bond donors (Lipinski definition) is 1. The predicted octanol–water partition coefficient (Wildman–Crippen LogP) is 1.89. The third kappa shape index (κ3) is 4.03. The average molecular weight is 276 g/mol. The van der Waals surface area contributed by atoms with Gasteiger partial charge in [0, 0.05) is 24.6 Å². The maximum atomic E-state index is 5.89. The fraction of sp³-hybridized carbons (Fsp3) is 0.500. The summed E-state index contributed by atoms with van der Waals surface area (Å²) >= 11 is 0. The third-order valence-corrected chi connectivity index (χ3v) is 2.98. The van der Waals surface area contributed by atoms with E-state index < -0.39 is 0 Å². The average Bonchev–Trinajstić information content (AvgIpc) is 2.94. The zero-order valence-electron chi connectivity index (χ0n) is 11.9. The number of nitrogens with zero attached hydrogens (tertiary/aromatic N) is 3. The third-order valence-electron chi connectivity index (χ3n) is 2.98. The van der Waals surface area contributed by atoms with Gasteiger partial charge in [-0.3, -0.25) is 4.98 Å². The fourth-order valence-corrected chi connectivity index (χ4v) is 1.67. The molecule has 2 aromatic heterocycles. The molecule has 20 heavy (non-hydrogen) atoms. The van der Waals surface area contributed by atoms with E-state index in [1.807, 2.05) is 19.1 Å². The Labute approximate surface area is 118 Å². The van der Waals surface area contributed by atoms with Crippen molar-refractivity contribution >= 4 is 0 Å². The van der Waals surface area contributed by atoms with Crippen molar-refractivity contribution in [3.8, 4) is 5.75 Å². The molecule has 0 fully saturated rings. The van der Waals surface area contributed by atoms with E-state index in [1.165, 1.54) is 0 Å².